The number of anilines is 1. The quantitative estimate of drug-likeness (QED) is 0.454. The number of nitro groups is 1. The first-order valence-corrected chi connectivity index (χ1v) is 8.84. The molecule has 0 fully saturated rings. The largest absolute Gasteiger partial charge is 0.304 e. The summed E-state index contributed by atoms with van der Waals surface area (Å²) in [6, 6.07) is 12.4. The molecule has 0 saturated carbocycles. The number of benzene rings is 2. The van der Waals surface area contributed by atoms with E-state index in [-0.39, 0.29) is 29.9 Å². The van der Waals surface area contributed by atoms with Crippen molar-refractivity contribution in [2.45, 2.75) is 13.0 Å². The minimum absolute atomic E-state index is 0.0756. The van der Waals surface area contributed by atoms with Crippen LogP contribution in [-0.2, 0) is 17.8 Å². The average Bonchev–Trinajstić information content (AvgIpc) is 3.13. The van der Waals surface area contributed by atoms with Crippen LogP contribution in [0.25, 0.3) is 0 Å². The zero-order valence-corrected chi connectivity index (χ0v) is 14.8. The number of carbonyl (C=O) groups excluding carboxylic acids is 1. The summed E-state index contributed by atoms with van der Waals surface area (Å²) in [7, 11) is 0. The molecule has 3 rings (SSSR count). The van der Waals surface area contributed by atoms with E-state index in [0.29, 0.717) is 6.07 Å². The molecule has 0 aliphatic heterocycles. The van der Waals surface area contributed by atoms with E-state index in [1.54, 1.807) is 18.2 Å². The molecule has 3 aromatic rings. The second-order valence-electron chi connectivity index (χ2n) is 5.72. The zero-order chi connectivity index (χ0) is 19.4. The van der Waals surface area contributed by atoms with Gasteiger partial charge >= 0.3 is 0 Å². The van der Waals surface area contributed by atoms with Crippen molar-refractivity contribution < 1.29 is 18.5 Å². The predicted octanol–water partition coefficient (Wildman–Crippen LogP) is 4.71. The molecule has 0 aliphatic carbocycles. The third-order valence-electron chi connectivity index (χ3n) is 3.93. The summed E-state index contributed by atoms with van der Waals surface area (Å²) in [5.74, 6) is -2.15. The smallest absolute Gasteiger partial charge is 0.273 e. The normalized spacial score (nSPS) is 10.6. The first kappa shape index (κ1) is 18.7. The molecule has 5 nitrogen and oxygen atoms in total. The van der Waals surface area contributed by atoms with Crippen molar-refractivity contribution in [1.29, 1.82) is 0 Å². The summed E-state index contributed by atoms with van der Waals surface area (Å²) in [5.41, 5.74) is -0.0268. The number of halogens is 2. The van der Waals surface area contributed by atoms with Gasteiger partial charge in [-0.05, 0) is 23.6 Å². The SMILES string of the molecule is O=C(Cc1ccccc1[N+](=O)[O-])N(Cc1cccs1)c1ccc(F)cc1F. The van der Waals surface area contributed by atoms with Crippen LogP contribution in [0.5, 0.6) is 0 Å². The third-order valence-corrected chi connectivity index (χ3v) is 4.79. The number of rotatable bonds is 6. The van der Waals surface area contributed by atoms with E-state index in [9.17, 15) is 23.7 Å². The van der Waals surface area contributed by atoms with E-state index in [4.69, 9.17) is 0 Å². The lowest BCUT2D eigenvalue weighted by Crippen LogP contribution is -2.32. The lowest BCUT2D eigenvalue weighted by atomic mass is 10.1. The lowest BCUT2D eigenvalue weighted by Gasteiger charge is -2.23. The van der Waals surface area contributed by atoms with Gasteiger partial charge in [0.15, 0.2) is 0 Å². The molecule has 1 heterocycles. The Morgan fingerprint density at radius 1 is 1.11 bits per heavy atom. The van der Waals surface area contributed by atoms with Crippen molar-refractivity contribution in [3.8, 4) is 0 Å². The molecule has 0 bridgehead atoms. The number of thiophene rings is 1. The van der Waals surface area contributed by atoms with Crippen molar-refractivity contribution in [3.05, 3.63) is 92.2 Å². The highest BCUT2D eigenvalue weighted by Gasteiger charge is 2.23. The molecule has 0 aliphatic rings. The first-order chi connectivity index (χ1) is 13.0. The highest BCUT2D eigenvalue weighted by molar-refractivity contribution is 7.09. The lowest BCUT2D eigenvalue weighted by molar-refractivity contribution is -0.385. The van der Waals surface area contributed by atoms with Crippen LogP contribution in [0.3, 0.4) is 0 Å². The van der Waals surface area contributed by atoms with Crippen molar-refractivity contribution in [2.75, 3.05) is 4.90 Å². The van der Waals surface area contributed by atoms with E-state index in [1.165, 1.54) is 40.5 Å². The summed E-state index contributed by atoms with van der Waals surface area (Å²) in [5, 5.41) is 13.0. The number of amides is 1. The molecule has 0 N–H and O–H groups in total. The Balaban J connectivity index is 1.95. The number of hydrogen-bond acceptors (Lipinski definition) is 4. The van der Waals surface area contributed by atoms with Crippen LogP contribution < -0.4 is 4.90 Å². The molecule has 0 spiro atoms. The van der Waals surface area contributed by atoms with Crippen LogP contribution in [0.2, 0.25) is 0 Å². The molecule has 2 aromatic carbocycles. The minimum Gasteiger partial charge on any atom is -0.304 e. The second kappa shape index (κ2) is 8.05. The van der Waals surface area contributed by atoms with Crippen molar-refractivity contribution in [3.63, 3.8) is 0 Å². The molecule has 138 valence electrons. The summed E-state index contributed by atoms with van der Waals surface area (Å²) in [6.07, 6.45) is -0.278. The Labute approximate surface area is 157 Å². The van der Waals surface area contributed by atoms with Crippen LogP contribution in [0, 0.1) is 21.7 Å². The first-order valence-electron chi connectivity index (χ1n) is 7.96. The maximum atomic E-state index is 14.3. The Kier molecular flexibility index (Phi) is 5.56. The van der Waals surface area contributed by atoms with Crippen LogP contribution in [0.1, 0.15) is 10.4 Å². The molecule has 0 atom stereocenters. The number of hydrogen-bond donors (Lipinski definition) is 0. The average molecular weight is 388 g/mol. The van der Waals surface area contributed by atoms with Gasteiger partial charge < -0.3 is 4.90 Å². The fraction of sp³-hybridized carbons (Fsp3) is 0.105. The van der Waals surface area contributed by atoms with E-state index >= 15 is 0 Å². The monoisotopic (exact) mass is 388 g/mol. The fourth-order valence-corrected chi connectivity index (χ4v) is 3.36. The van der Waals surface area contributed by atoms with Gasteiger partial charge in [0.25, 0.3) is 5.69 Å². The maximum Gasteiger partial charge on any atom is 0.273 e. The van der Waals surface area contributed by atoms with E-state index in [0.717, 1.165) is 10.9 Å². The van der Waals surface area contributed by atoms with Crippen LogP contribution >= 0.6 is 11.3 Å². The molecule has 8 heteroatoms. The second-order valence-corrected chi connectivity index (χ2v) is 6.75. The van der Waals surface area contributed by atoms with Crippen LogP contribution in [0.4, 0.5) is 20.2 Å². The molecule has 1 amide bonds. The van der Waals surface area contributed by atoms with Crippen molar-refractivity contribution in [2.24, 2.45) is 0 Å². The molecule has 0 radical (unpaired) electrons. The number of nitro benzene ring substituents is 1. The van der Waals surface area contributed by atoms with Crippen LogP contribution in [-0.4, -0.2) is 10.8 Å². The van der Waals surface area contributed by atoms with Gasteiger partial charge in [0.2, 0.25) is 5.91 Å². The number of carbonyl (C=O) groups is 1. The number of nitrogens with zero attached hydrogens (tertiary/aromatic N) is 2. The summed E-state index contributed by atoms with van der Waals surface area (Å²) < 4.78 is 27.6. The van der Waals surface area contributed by atoms with Gasteiger partial charge in [-0.15, -0.1) is 11.3 Å². The van der Waals surface area contributed by atoms with Crippen molar-refractivity contribution >= 4 is 28.6 Å². The Morgan fingerprint density at radius 3 is 2.56 bits per heavy atom. The van der Waals surface area contributed by atoms with Crippen molar-refractivity contribution in [1.82, 2.24) is 0 Å². The maximum absolute atomic E-state index is 14.3. The van der Waals surface area contributed by atoms with E-state index in [2.05, 4.69) is 0 Å². The third kappa shape index (κ3) is 4.35. The number of para-hydroxylation sites is 1. The molecule has 0 unspecified atom stereocenters. The molecular formula is C19H14F2N2O3S. The van der Waals surface area contributed by atoms with E-state index < -0.39 is 22.5 Å². The molecule has 0 saturated heterocycles. The van der Waals surface area contributed by atoms with Gasteiger partial charge in [-0.25, -0.2) is 8.78 Å². The fourth-order valence-electron chi connectivity index (χ4n) is 2.66. The van der Waals surface area contributed by atoms with Gasteiger partial charge in [-0.3, -0.25) is 14.9 Å². The highest BCUT2D eigenvalue weighted by Crippen LogP contribution is 2.26. The van der Waals surface area contributed by atoms with Gasteiger partial charge in [0, 0.05) is 22.6 Å². The van der Waals surface area contributed by atoms with Gasteiger partial charge in [-0.1, -0.05) is 24.3 Å². The zero-order valence-electron chi connectivity index (χ0n) is 14.0. The molecular weight excluding hydrogens is 374 g/mol. The molecule has 1 aromatic heterocycles. The van der Waals surface area contributed by atoms with E-state index in [1.807, 2.05) is 5.38 Å². The predicted molar refractivity (Wildman–Crippen MR) is 98.7 cm³/mol. The summed E-state index contributed by atoms with van der Waals surface area (Å²) in [4.78, 5) is 25.5. The standard InChI is InChI=1S/C19H14F2N2O3S/c20-14-7-8-18(16(21)11-14)22(12-15-5-3-9-27-15)19(24)10-13-4-1-2-6-17(13)23(25)26/h1-9,11H,10,12H2. The summed E-state index contributed by atoms with van der Waals surface area (Å²) >= 11 is 1.39. The summed E-state index contributed by atoms with van der Waals surface area (Å²) in [6.45, 7) is 0.0830. The van der Waals surface area contributed by atoms with Crippen LogP contribution in [0.15, 0.2) is 60.0 Å². The van der Waals surface area contributed by atoms with Gasteiger partial charge in [0.1, 0.15) is 11.6 Å². The van der Waals surface area contributed by atoms with Gasteiger partial charge in [-0.2, -0.15) is 0 Å². The Morgan fingerprint density at radius 2 is 1.89 bits per heavy atom. The topological polar surface area (TPSA) is 63.4 Å². The van der Waals surface area contributed by atoms with Gasteiger partial charge in [0.05, 0.1) is 23.6 Å². The Bertz CT molecular complexity index is 977. The highest BCUT2D eigenvalue weighted by atomic mass is 32.1. The molecule has 27 heavy (non-hydrogen) atoms. The Hall–Kier alpha value is -3.13. The minimum atomic E-state index is -0.873.